The van der Waals surface area contributed by atoms with Crippen LogP contribution in [0.5, 0.6) is 17.4 Å². The zero-order valence-corrected chi connectivity index (χ0v) is 14.5. The molecule has 3 aromatic rings. The van der Waals surface area contributed by atoms with Crippen LogP contribution in [-0.4, -0.2) is 17.1 Å². The SMILES string of the molecule is COc1ccc(Oc2ncnc(Nc3cc(Cl)ccc3C)c2N)cc1. The monoisotopic (exact) mass is 356 g/mol. The summed E-state index contributed by atoms with van der Waals surface area (Å²) in [4.78, 5) is 8.29. The van der Waals surface area contributed by atoms with Gasteiger partial charge in [0.05, 0.1) is 7.11 Å². The Morgan fingerprint density at radius 2 is 1.76 bits per heavy atom. The topological polar surface area (TPSA) is 82.3 Å². The third kappa shape index (κ3) is 3.92. The van der Waals surface area contributed by atoms with Crippen molar-refractivity contribution in [3.05, 3.63) is 59.4 Å². The molecule has 1 aromatic heterocycles. The first-order valence-corrected chi connectivity index (χ1v) is 7.90. The highest BCUT2D eigenvalue weighted by Crippen LogP contribution is 2.32. The van der Waals surface area contributed by atoms with Crippen molar-refractivity contribution in [1.29, 1.82) is 0 Å². The van der Waals surface area contributed by atoms with E-state index >= 15 is 0 Å². The molecule has 0 atom stereocenters. The standard InChI is InChI=1S/C18H17ClN4O2/c1-11-3-4-12(19)9-15(11)23-17-16(20)18(22-10-21-17)25-14-7-5-13(24-2)6-8-14/h3-10H,20H2,1-2H3,(H,21,22,23). The summed E-state index contributed by atoms with van der Waals surface area (Å²) in [6.07, 6.45) is 1.39. The lowest BCUT2D eigenvalue weighted by Gasteiger charge is -2.13. The van der Waals surface area contributed by atoms with Crippen LogP contribution in [0, 0.1) is 6.92 Å². The number of methoxy groups -OCH3 is 1. The number of aryl methyl sites for hydroxylation is 1. The van der Waals surface area contributed by atoms with E-state index < -0.39 is 0 Å². The summed E-state index contributed by atoms with van der Waals surface area (Å²) in [7, 11) is 1.61. The van der Waals surface area contributed by atoms with Gasteiger partial charge in [0.1, 0.15) is 23.5 Å². The maximum atomic E-state index is 6.15. The number of rotatable bonds is 5. The van der Waals surface area contributed by atoms with Gasteiger partial charge in [-0.3, -0.25) is 0 Å². The lowest BCUT2D eigenvalue weighted by molar-refractivity contribution is 0.412. The van der Waals surface area contributed by atoms with Crippen molar-refractivity contribution in [2.24, 2.45) is 0 Å². The van der Waals surface area contributed by atoms with Gasteiger partial charge in [-0.15, -0.1) is 0 Å². The van der Waals surface area contributed by atoms with Gasteiger partial charge in [0, 0.05) is 10.7 Å². The third-order valence-electron chi connectivity index (χ3n) is 3.57. The number of ether oxygens (including phenoxy) is 2. The van der Waals surface area contributed by atoms with Crippen LogP contribution in [-0.2, 0) is 0 Å². The van der Waals surface area contributed by atoms with Crippen molar-refractivity contribution < 1.29 is 9.47 Å². The largest absolute Gasteiger partial charge is 0.497 e. The lowest BCUT2D eigenvalue weighted by atomic mass is 10.2. The van der Waals surface area contributed by atoms with Gasteiger partial charge in [-0.2, -0.15) is 4.98 Å². The minimum Gasteiger partial charge on any atom is -0.497 e. The fraction of sp³-hybridized carbons (Fsp3) is 0.111. The molecule has 0 saturated carbocycles. The Balaban J connectivity index is 1.85. The summed E-state index contributed by atoms with van der Waals surface area (Å²) in [6, 6.07) is 12.7. The van der Waals surface area contributed by atoms with Crippen LogP contribution in [0.3, 0.4) is 0 Å². The van der Waals surface area contributed by atoms with E-state index in [-0.39, 0.29) is 5.88 Å². The average molecular weight is 357 g/mol. The van der Waals surface area contributed by atoms with E-state index in [9.17, 15) is 0 Å². The van der Waals surface area contributed by atoms with Crippen molar-refractivity contribution in [1.82, 2.24) is 9.97 Å². The molecule has 0 aliphatic carbocycles. The van der Waals surface area contributed by atoms with Gasteiger partial charge in [-0.1, -0.05) is 17.7 Å². The van der Waals surface area contributed by atoms with E-state index in [4.69, 9.17) is 26.8 Å². The molecule has 6 nitrogen and oxygen atoms in total. The fourth-order valence-corrected chi connectivity index (χ4v) is 2.34. The number of hydrogen-bond acceptors (Lipinski definition) is 6. The van der Waals surface area contributed by atoms with E-state index in [1.54, 1.807) is 31.4 Å². The fourth-order valence-electron chi connectivity index (χ4n) is 2.17. The number of anilines is 3. The molecular formula is C18H17ClN4O2. The van der Waals surface area contributed by atoms with Gasteiger partial charge >= 0.3 is 0 Å². The second-order valence-electron chi connectivity index (χ2n) is 5.30. The summed E-state index contributed by atoms with van der Waals surface area (Å²) < 4.78 is 10.9. The van der Waals surface area contributed by atoms with E-state index in [2.05, 4.69) is 15.3 Å². The molecule has 3 N–H and O–H groups in total. The van der Waals surface area contributed by atoms with Crippen LogP contribution < -0.4 is 20.5 Å². The summed E-state index contributed by atoms with van der Waals surface area (Å²) in [6.45, 7) is 1.96. The number of benzene rings is 2. The third-order valence-corrected chi connectivity index (χ3v) is 3.81. The van der Waals surface area contributed by atoms with Crippen LogP contribution in [0.4, 0.5) is 17.2 Å². The van der Waals surface area contributed by atoms with Gasteiger partial charge in [0.2, 0.25) is 5.88 Å². The molecule has 7 heteroatoms. The average Bonchev–Trinajstić information content (AvgIpc) is 2.62. The first kappa shape index (κ1) is 16.9. The number of nitrogens with zero attached hydrogens (tertiary/aromatic N) is 2. The number of nitrogen functional groups attached to an aromatic ring is 1. The molecule has 2 aromatic carbocycles. The molecule has 0 saturated heterocycles. The predicted octanol–water partition coefficient (Wildman–Crippen LogP) is 4.57. The predicted molar refractivity (Wildman–Crippen MR) is 99.0 cm³/mol. The number of hydrogen-bond donors (Lipinski definition) is 2. The normalized spacial score (nSPS) is 10.4. The zero-order valence-electron chi connectivity index (χ0n) is 13.8. The van der Waals surface area contributed by atoms with Crippen molar-refractivity contribution in [2.45, 2.75) is 6.92 Å². The summed E-state index contributed by atoms with van der Waals surface area (Å²) in [5.41, 5.74) is 8.28. The number of aromatic nitrogens is 2. The van der Waals surface area contributed by atoms with Gasteiger partial charge in [-0.25, -0.2) is 4.98 Å². The zero-order chi connectivity index (χ0) is 17.8. The number of nitrogens with two attached hydrogens (primary N) is 1. The Kier molecular flexibility index (Phi) is 4.90. The molecule has 0 radical (unpaired) electrons. The Labute approximate surface area is 150 Å². The van der Waals surface area contributed by atoms with Gasteiger partial charge in [0.25, 0.3) is 0 Å². The highest BCUT2D eigenvalue weighted by atomic mass is 35.5. The number of halogens is 1. The lowest BCUT2D eigenvalue weighted by Crippen LogP contribution is -2.04. The molecule has 25 heavy (non-hydrogen) atoms. The molecule has 1 heterocycles. The van der Waals surface area contributed by atoms with Crippen LogP contribution in [0.25, 0.3) is 0 Å². The molecule has 3 rings (SSSR count). The molecule has 0 spiro atoms. The second kappa shape index (κ2) is 7.27. The molecule has 0 unspecified atom stereocenters. The Morgan fingerprint density at radius 3 is 2.48 bits per heavy atom. The van der Waals surface area contributed by atoms with Crippen molar-refractivity contribution in [2.75, 3.05) is 18.2 Å². The van der Waals surface area contributed by atoms with Crippen LogP contribution in [0.2, 0.25) is 5.02 Å². The summed E-state index contributed by atoms with van der Waals surface area (Å²) in [5.74, 6) is 2.05. The molecule has 0 aliphatic rings. The van der Waals surface area contributed by atoms with Crippen molar-refractivity contribution in [3.8, 4) is 17.4 Å². The smallest absolute Gasteiger partial charge is 0.248 e. The van der Waals surface area contributed by atoms with E-state index in [0.717, 1.165) is 17.0 Å². The van der Waals surface area contributed by atoms with Crippen molar-refractivity contribution in [3.63, 3.8) is 0 Å². The minimum absolute atomic E-state index is 0.266. The summed E-state index contributed by atoms with van der Waals surface area (Å²) in [5, 5.41) is 3.79. The first-order chi connectivity index (χ1) is 12.1. The van der Waals surface area contributed by atoms with Crippen molar-refractivity contribution >= 4 is 28.8 Å². The second-order valence-corrected chi connectivity index (χ2v) is 5.74. The molecular weight excluding hydrogens is 340 g/mol. The van der Waals surface area contributed by atoms with Gasteiger partial charge in [0.15, 0.2) is 5.82 Å². The van der Waals surface area contributed by atoms with E-state index in [0.29, 0.717) is 22.3 Å². The van der Waals surface area contributed by atoms with Crippen LogP contribution >= 0.6 is 11.6 Å². The van der Waals surface area contributed by atoms with E-state index in [1.165, 1.54) is 6.33 Å². The molecule has 0 amide bonds. The highest BCUT2D eigenvalue weighted by Gasteiger charge is 2.12. The molecule has 0 fully saturated rings. The minimum atomic E-state index is 0.266. The Bertz CT molecular complexity index is 885. The Morgan fingerprint density at radius 1 is 1.04 bits per heavy atom. The quantitative estimate of drug-likeness (QED) is 0.697. The van der Waals surface area contributed by atoms with Gasteiger partial charge in [-0.05, 0) is 48.9 Å². The maximum absolute atomic E-state index is 6.15. The number of nitrogens with one attached hydrogen (secondary N) is 1. The molecule has 0 bridgehead atoms. The maximum Gasteiger partial charge on any atom is 0.248 e. The first-order valence-electron chi connectivity index (χ1n) is 7.52. The molecule has 0 aliphatic heterocycles. The van der Waals surface area contributed by atoms with Gasteiger partial charge < -0.3 is 20.5 Å². The highest BCUT2D eigenvalue weighted by molar-refractivity contribution is 6.30. The van der Waals surface area contributed by atoms with E-state index in [1.807, 2.05) is 25.1 Å². The molecule has 128 valence electrons. The Hall–Kier alpha value is -2.99. The van der Waals surface area contributed by atoms with Crippen LogP contribution in [0.15, 0.2) is 48.8 Å². The summed E-state index contributed by atoms with van der Waals surface area (Å²) >= 11 is 6.05. The van der Waals surface area contributed by atoms with Crippen LogP contribution in [0.1, 0.15) is 5.56 Å².